The summed E-state index contributed by atoms with van der Waals surface area (Å²) in [6.45, 7) is 7.00. The zero-order chi connectivity index (χ0) is 16.9. The van der Waals surface area contributed by atoms with Gasteiger partial charge in [-0.1, -0.05) is 26.0 Å². The van der Waals surface area contributed by atoms with Crippen molar-refractivity contribution in [3.05, 3.63) is 42.0 Å². The highest BCUT2D eigenvalue weighted by Crippen LogP contribution is 2.26. The van der Waals surface area contributed by atoms with E-state index in [-0.39, 0.29) is 0 Å². The largest absolute Gasteiger partial charge is 0.481 e. The Labute approximate surface area is 136 Å². The molecule has 0 aliphatic rings. The van der Waals surface area contributed by atoms with Gasteiger partial charge in [0.05, 0.1) is 11.1 Å². The minimum atomic E-state index is -0.729. The third kappa shape index (κ3) is 3.76. The van der Waals surface area contributed by atoms with Crippen LogP contribution < -0.4 is 5.32 Å². The maximum absolute atomic E-state index is 11.5. The molecule has 2 rings (SSSR count). The van der Waals surface area contributed by atoms with Gasteiger partial charge in [-0.05, 0) is 37.0 Å². The molecule has 0 amide bonds. The van der Waals surface area contributed by atoms with Crippen molar-refractivity contribution in [1.82, 2.24) is 20.1 Å². The minimum absolute atomic E-state index is 0.471. The molecular formula is C17H24N4O2. The first-order valence-corrected chi connectivity index (χ1v) is 7.91. The van der Waals surface area contributed by atoms with Crippen molar-refractivity contribution >= 4 is 5.97 Å². The van der Waals surface area contributed by atoms with Crippen LogP contribution in [0.5, 0.6) is 0 Å². The molecule has 23 heavy (non-hydrogen) atoms. The lowest BCUT2D eigenvalue weighted by Crippen LogP contribution is -2.40. The maximum Gasteiger partial charge on any atom is 0.310 e. The van der Waals surface area contributed by atoms with Crippen molar-refractivity contribution in [1.29, 1.82) is 0 Å². The van der Waals surface area contributed by atoms with Crippen molar-refractivity contribution in [3.63, 3.8) is 0 Å². The van der Waals surface area contributed by atoms with Gasteiger partial charge in [0, 0.05) is 13.1 Å². The van der Waals surface area contributed by atoms with Crippen LogP contribution in [0.3, 0.4) is 0 Å². The molecule has 6 heteroatoms. The number of benzene rings is 1. The molecule has 6 nitrogen and oxygen atoms in total. The van der Waals surface area contributed by atoms with Gasteiger partial charge in [0.15, 0.2) is 0 Å². The van der Waals surface area contributed by atoms with Crippen LogP contribution in [0.15, 0.2) is 30.9 Å². The molecular weight excluding hydrogens is 292 g/mol. The molecule has 0 atom stereocenters. The second-order valence-corrected chi connectivity index (χ2v) is 5.86. The molecule has 0 aliphatic carbocycles. The molecule has 0 saturated heterocycles. The van der Waals surface area contributed by atoms with Gasteiger partial charge in [-0.3, -0.25) is 4.79 Å². The number of aliphatic carboxylic acids is 1. The summed E-state index contributed by atoms with van der Waals surface area (Å²) in [5, 5.41) is 16.9. The Morgan fingerprint density at radius 1 is 1.35 bits per heavy atom. The number of aryl methyl sites for hydroxylation is 1. The van der Waals surface area contributed by atoms with Crippen LogP contribution in [0.1, 0.15) is 37.8 Å². The Bertz CT molecular complexity index is 649. The van der Waals surface area contributed by atoms with Crippen LogP contribution >= 0.6 is 0 Å². The van der Waals surface area contributed by atoms with Gasteiger partial charge >= 0.3 is 5.97 Å². The van der Waals surface area contributed by atoms with E-state index >= 15 is 0 Å². The van der Waals surface area contributed by atoms with Crippen molar-refractivity contribution in [2.75, 3.05) is 6.54 Å². The maximum atomic E-state index is 11.5. The number of carboxylic acids is 1. The first-order chi connectivity index (χ1) is 11.0. The number of hydrogen-bond acceptors (Lipinski definition) is 4. The molecule has 1 heterocycles. The van der Waals surface area contributed by atoms with E-state index in [9.17, 15) is 9.90 Å². The number of carboxylic acid groups (broad SMARTS) is 1. The fourth-order valence-electron chi connectivity index (χ4n) is 2.74. The molecule has 0 spiro atoms. The monoisotopic (exact) mass is 316 g/mol. The van der Waals surface area contributed by atoms with Gasteiger partial charge in [-0.25, -0.2) is 9.67 Å². The topological polar surface area (TPSA) is 80.0 Å². The summed E-state index contributed by atoms with van der Waals surface area (Å²) in [7, 11) is 0. The summed E-state index contributed by atoms with van der Waals surface area (Å²) in [6.07, 6.45) is 4.42. The highest BCUT2D eigenvalue weighted by molar-refractivity contribution is 5.74. The van der Waals surface area contributed by atoms with Crippen LogP contribution in [0.25, 0.3) is 5.69 Å². The predicted molar refractivity (Wildman–Crippen MR) is 88.5 cm³/mol. The highest BCUT2D eigenvalue weighted by atomic mass is 16.4. The second-order valence-electron chi connectivity index (χ2n) is 5.86. The van der Waals surface area contributed by atoms with Crippen LogP contribution in [0, 0.1) is 12.3 Å². The number of nitrogens with zero attached hydrogens (tertiary/aromatic N) is 3. The lowest BCUT2D eigenvalue weighted by molar-refractivity contribution is -0.149. The Morgan fingerprint density at radius 2 is 2.09 bits per heavy atom. The van der Waals surface area contributed by atoms with E-state index in [1.807, 2.05) is 32.9 Å². The molecule has 2 N–H and O–H groups in total. The van der Waals surface area contributed by atoms with E-state index in [0.29, 0.717) is 25.9 Å². The summed E-state index contributed by atoms with van der Waals surface area (Å²) in [6, 6.07) is 6.12. The molecule has 0 bridgehead atoms. The normalized spacial score (nSPS) is 11.6. The fourth-order valence-corrected chi connectivity index (χ4v) is 2.74. The quantitative estimate of drug-likeness (QED) is 0.782. The lowest BCUT2D eigenvalue weighted by Gasteiger charge is -2.27. The molecule has 0 radical (unpaired) electrons. The summed E-state index contributed by atoms with van der Waals surface area (Å²) >= 11 is 0. The molecule has 1 aromatic heterocycles. The van der Waals surface area contributed by atoms with Crippen molar-refractivity contribution in [2.45, 2.75) is 40.2 Å². The van der Waals surface area contributed by atoms with Crippen LogP contribution in [-0.2, 0) is 11.3 Å². The standard InChI is InChI=1S/C17H24N4O2/c1-4-17(5-2,16(22)23)10-18-9-14-6-7-15(13(3)8-14)21-12-19-11-20-21/h6-8,11-12,18H,4-5,9-10H2,1-3H3,(H,22,23). The zero-order valence-corrected chi connectivity index (χ0v) is 13.9. The fraction of sp³-hybridized carbons (Fsp3) is 0.471. The average molecular weight is 316 g/mol. The third-order valence-corrected chi connectivity index (χ3v) is 4.53. The van der Waals surface area contributed by atoms with Gasteiger partial charge in [0.25, 0.3) is 0 Å². The van der Waals surface area contributed by atoms with Crippen LogP contribution in [-0.4, -0.2) is 32.4 Å². The van der Waals surface area contributed by atoms with Gasteiger partial charge in [0.2, 0.25) is 0 Å². The van der Waals surface area contributed by atoms with Gasteiger partial charge < -0.3 is 10.4 Å². The number of hydrogen-bond donors (Lipinski definition) is 2. The smallest absolute Gasteiger partial charge is 0.310 e. The lowest BCUT2D eigenvalue weighted by atomic mass is 9.82. The van der Waals surface area contributed by atoms with E-state index in [2.05, 4.69) is 21.5 Å². The van der Waals surface area contributed by atoms with Gasteiger partial charge in [-0.2, -0.15) is 5.10 Å². The van der Waals surface area contributed by atoms with Crippen molar-refractivity contribution in [2.24, 2.45) is 5.41 Å². The van der Waals surface area contributed by atoms with Crippen LogP contribution in [0.2, 0.25) is 0 Å². The molecule has 0 aliphatic heterocycles. The number of carbonyl (C=O) groups is 1. The first-order valence-electron chi connectivity index (χ1n) is 7.91. The minimum Gasteiger partial charge on any atom is -0.481 e. The molecule has 0 saturated carbocycles. The SMILES string of the molecule is CCC(CC)(CNCc1ccc(-n2cncn2)c(C)c1)C(=O)O. The van der Waals surface area contributed by atoms with Gasteiger partial charge in [0.1, 0.15) is 12.7 Å². The summed E-state index contributed by atoms with van der Waals surface area (Å²) in [5.74, 6) is -0.729. The molecule has 1 aromatic carbocycles. The highest BCUT2D eigenvalue weighted by Gasteiger charge is 2.34. The Hall–Kier alpha value is -2.21. The van der Waals surface area contributed by atoms with E-state index in [1.165, 1.54) is 6.33 Å². The summed E-state index contributed by atoms with van der Waals surface area (Å²) in [4.78, 5) is 15.5. The Balaban J connectivity index is 2.02. The Morgan fingerprint density at radius 3 is 2.61 bits per heavy atom. The van der Waals surface area contributed by atoms with Gasteiger partial charge in [-0.15, -0.1) is 0 Å². The van der Waals surface area contributed by atoms with Crippen molar-refractivity contribution < 1.29 is 9.90 Å². The number of nitrogens with one attached hydrogen (secondary N) is 1. The van der Waals surface area contributed by atoms with E-state index in [0.717, 1.165) is 16.8 Å². The number of rotatable bonds is 8. The summed E-state index contributed by atoms with van der Waals surface area (Å²) < 4.78 is 1.73. The Kier molecular flexibility index (Phi) is 5.50. The summed E-state index contributed by atoms with van der Waals surface area (Å²) in [5.41, 5.74) is 2.53. The molecule has 2 aromatic rings. The van der Waals surface area contributed by atoms with Crippen molar-refractivity contribution in [3.8, 4) is 5.69 Å². The van der Waals surface area contributed by atoms with Crippen LogP contribution in [0.4, 0.5) is 0 Å². The van der Waals surface area contributed by atoms with E-state index in [1.54, 1.807) is 11.0 Å². The first kappa shape index (κ1) is 17.1. The average Bonchev–Trinajstić information content (AvgIpc) is 3.06. The van der Waals surface area contributed by atoms with E-state index < -0.39 is 11.4 Å². The zero-order valence-electron chi connectivity index (χ0n) is 13.9. The molecule has 0 fully saturated rings. The molecule has 0 unspecified atom stereocenters. The third-order valence-electron chi connectivity index (χ3n) is 4.53. The number of aromatic nitrogens is 3. The second kappa shape index (κ2) is 7.37. The molecule has 124 valence electrons. The predicted octanol–water partition coefficient (Wildman–Crippen LogP) is 2.56. The van der Waals surface area contributed by atoms with E-state index in [4.69, 9.17) is 0 Å².